The summed E-state index contributed by atoms with van der Waals surface area (Å²) in [5.41, 5.74) is 4.31. The SMILES string of the molecule is Cc1cc(-c2c(CCCCCCCC/C=C\CCCCCCCC(=O)O)c3cc(-c4ccc(C5(O)COC5)cc4)c(Cl)cc3[nH]c2=O)on1. The number of unbranched alkanes of at least 4 members (excludes halogenated alkanes) is 11. The topological polar surface area (TPSA) is 126 Å². The van der Waals surface area contributed by atoms with Crippen LogP contribution in [0.4, 0.5) is 0 Å². The highest BCUT2D eigenvalue weighted by molar-refractivity contribution is 6.34. The molecule has 0 unspecified atom stereocenters. The number of fused-ring (bicyclic) bond motifs is 1. The summed E-state index contributed by atoms with van der Waals surface area (Å²) in [6, 6.07) is 13.5. The third-order valence-electron chi connectivity index (χ3n) is 9.47. The fourth-order valence-corrected chi connectivity index (χ4v) is 6.88. The van der Waals surface area contributed by atoms with Gasteiger partial charge in [0.2, 0.25) is 0 Å². The molecule has 0 bridgehead atoms. The number of nitrogens with one attached hydrogen (secondary N) is 1. The van der Waals surface area contributed by atoms with Gasteiger partial charge in [-0.1, -0.05) is 98.1 Å². The number of aromatic amines is 1. The van der Waals surface area contributed by atoms with E-state index in [1.165, 1.54) is 32.1 Å². The van der Waals surface area contributed by atoms with Crippen molar-refractivity contribution in [2.24, 2.45) is 0 Å². The van der Waals surface area contributed by atoms with E-state index in [0.29, 0.717) is 35.1 Å². The number of hydrogen-bond donors (Lipinski definition) is 3. The van der Waals surface area contributed by atoms with Gasteiger partial charge in [-0.2, -0.15) is 0 Å². The highest BCUT2D eigenvalue weighted by atomic mass is 35.5. The van der Waals surface area contributed by atoms with E-state index in [4.69, 9.17) is 26.0 Å². The number of ether oxygens (including phenoxy) is 1. The molecule has 2 aromatic carbocycles. The first-order valence-corrected chi connectivity index (χ1v) is 18.2. The van der Waals surface area contributed by atoms with Gasteiger partial charge in [0.15, 0.2) is 5.76 Å². The smallest absolute Gasteiger partial charge is 0.303 e. The second-order valence-corrected chi connectivity index (χ2v) is 13.9. The number of halogens is 1. The number of aromatic nitrogens is 2. The van der Waals surface area contributed by atoms with Gasteiger partial charge < -0.3 is 24.5 Å². The van der Waals surface area contributed by atoms with Crippen LogP contribution in [0.3, 0.4) is 0 Å². The van der Waals surface area contributed by atoms with E-state index in [9.17, 15) is 14.7 Å². The van der Waals surface area contributed by atoms with Crippen LogP contribution in [0.25, 0.3) is 33.4 Å². The molecule has 3 N–H and O–H groups in total. The Morgan fingerprint density at radius 3 is 2.14 bits per heavy atom. The summed E-state index contributed by atoms with van der Waals surface area (Å²) in [6.45, 7) is 2.44. The molecule has 0 aliphatic carbocycles. The Bertz CT molecular complexity index is 1770. The summed E-state index contributed by atoms with van der Waals surface area (Å²) >= 11 is 6.79. The van der Waals surface area contributed by atoms with Crippen molar-refractivity contribution < 1.29 is 24.3 Å². The molecule has 49 heavy (non-hydrogen) atoms. The van der Waals surface area contributed by atoms with E-state index in [-0.39, 0.29) is 12.0 Å². The first kappa shape index (κ1) is 36.6. The highest BCUT2D eigenvalue weighted by Crippen LogP contribution is 2.37. The van der Waals surface area contributed by atoms with Crippen LogP contribution in [-0.2, 0) is 21.6 Å². The Morgan fingerprint density at radius 1 is 0.918 bits per heavy atom. The standard InChI is InChI=1S/C40H49ClN2O6/c1-28-23-36(49-43-28)38-31(17-15-13-11-9-7-5-3-2-4-6-8-10-12-14-16-18-37(44)45)33-24-32(34(41)25-35(33)42-39(38)46)29-19-21-30(22-20-29)40(47)26-48-27-40/h2,4,19-25,47H,3,5-18,26-27H2,1H3,(H,42,46)(H,44,45)/b4-2-. The minimum atomic E-state index is -0.937. The highest BCUT2D eigenvalue weighted by Gasteiger charge is 2.37. The number of H-pyrrole nitrogens is 1. The monoisotopic (exact) mass is 688 g/mol. The molecule has 5 rings (SSSR count). The van der Waals surface area contributed by atoms with Crippen molar-refractivity contribution in [2.45, 2.75) is 109 Å². The Labute approximate surface area is 293 Å². The van der Waals surface area contributed by atoms with Crippen molar-refractivity contribution in [1.29, 1.82) is 0 Å². The number of carboxylic acid groups (broad SMARTS) is 1. The number of aliphatic carboxylic acids is 1. The van der Waals surface area contributed by atoms with Crippen molar-refractivity contribution in [3.63, 3.8) is 0 Å². The Hall–Kier alpha value is -3.72. The Morgan fingerprint density at radius 2 is 1.55 bits per heavy atom. The summed E-state index contributed by atoms with van der Waals surface area (Å²) in [6.07, 6.45) is 19.8. The summed E-state index contributed by atoms with van der Waals surface area (Å²) in [5, 5.41) is 24.9. The average molecular weight is 689 g/mol. The van der Waals surface area contributed by atoms with Crippen LogP contribution < -0.4 is 5.56 Å². The zero-order valence-electron chi connectivity index (χ0n) is 28.6. The molecular formula is C40H49ClN2O6. The molecule has 0 amide bonds. The molecule has 4 aromatic rings. The number of rotatable bonds is 20. The lowest BCUT2D eigenvalue weighted by Crippen LogP contribution is -2.46. The van der Waals surface area contributed by atoms with Gasteiger partial charge in [0.05, 0.1) is 35.0 Å². The number of aliphatic hydroxyl groups is 1. The van der Waals surface area contributed by atoms with Crippen molar-refractivity contribution >= 4 is 28.5 Å². The van der Waals surface area contributed by atoms with Gasteiger partial charge in [0.1, 0.15) is 5.60 Å². The van der Waals surface area contributed by atoms with Gasteiger partial charge in [-0.3, -0.25) is 9.59 Å². The average Bonchev–Trinajstić information content (AvgIpc) is 3.49. The van der Waals surface area contributed by atoms with E-state index < -0.39 is 11.6 Å². The first-order valence-electron chi connectivity index (χ1n) is 17.8. The molecular weight excluding hydrogens is 640 g/mol. The molecule has 2 aromatic heterocycles. The zero-order chi connectivity index (χ0) is 34.6. The molecule has 0 saturated carbocycles. The number of aryl methyl sites for hydroxylation is 2. The zero-order valence-corrected chi connectivity index (χ0v) is 29.3. The fraction of sp³-hybridized carbons (Fsp3) is 0.475. The Balaban J connectivity index is 1.16. The van der Waals surface area contributed by atoms with Gasteiger partial charge in [-0.15, -0.1) is 0 Å². The number of benzene rings is 2. The number of allylic oxidation sites excluding steroid dienone is 2. The number of nitrogens with zero attached hydrogens (tertiary/aromatic N) is 1. The molecule has 1 saturated heterocycles. The molecule has 3 heterocycles. The lowest BCUT2D eigenvalue weighted by molar-refractivity contribution is -0.184. The largest absolute Gasteiger partial charge is 0.481 e. The van der Waals surface area contributed by atoms with E-state index >= 15 is 0 Å². The predicted octanol–water partition coefficient (Wildman–Crippen LogP) is 9.67. The summed E-state index contributed by atoms with van der Waals surface area (Å²) in [4.78, 5) is 27.0. The van der Waals surface area contributed by atoms with Crippen LogP contribution in [0.15, 0.2) is 63.9 Å². The quantitative estimate of drug-likeness (QED) is 0.0623. The van der Waals surface area contributed by atoms with E-state index in [1.54, 1.807) is 0 Å². The van der Waals surface area contributed by atoms with Crippen LogP contribution >= 0.6 is 11.6 Å². The molecule has 1 aliphatic rings. The first-order chi connectivity index (χ1) is 23.7. The fourth-order valence-electron chi connectivity index (χ4n) is 6.60. The maximum atomic E-state index is 13.4. The van der Waals surface area contributed by atoms with Crippen molar-refractivity contribution in [3.8, 4) is 22.5 Å². The molecule has 1 aliphatic heterocycles. The van der Waals surface area contributed by atoms with Gasteiger partial charge >= 0.3 is 5.97 Å². The summed E-state index contributed by atoms with van der Waals surface area (Å²) < 4.78 is 10.8. The molecule has 1 fully saturated rings. The van der Waals surface area contributed by atoms with Crippen LogP contribution in [0.5, 0.6) is 0 Å². The molecule has 0 atom stereocenters. The van der Waals surface area contributed by atoms with Crippen LogP contribution in [0.2, 0.25) is 5.02 Å². The lowest BCUT2D eigenvalue weighted by atomic mass is 9.90. The Kier molecular flexibility index (Phi) is 13.3. The third-order valence-corrected chi connectivity index (χ3v) is 9.79. The maximum Gasteiger partial charge on any atom is 0.303 e. The minimum Gasteiger partial charge on any atom is -0.481 e. The number of pyridine rings is 1. The maximum absolute atomic E-state index is 13.4. The van der Waals surface area contributed by atoms with Crippen LogP contribution in [-0.4, -0.2) is 39.5 Å². The van der Waals surface area contributed by atoms with E-state index in [2.05, 4.69) is 28.4 Å². The second-order valence-electron chi connectivity index (χ2n) is 13.5. The number of carbonyl (C=O) groups is 1. The second kappa shape index (κ2) is 17.8. The van der Waals surface area contributed by atoms with Crippen molar-refractivity contribution in [3.05, 3.63) is 86.8 Å². The molecule has 9 heteroatoms. The summed E-state index contributed by atoms with van der Waals surface area (Å²) in [5.74, 6) is -0.229. The normalized spacial score (nSPS) is 14.1. The third kappa shape index (κ3) is 9.93. The van der Waals surface area contributed by atoms with Crippen LogP contribution in [0, 0.1) is 6.92 Å². The number of hydrogen-bond acceptors (Lipinski definition) is 6. The van der Waals surface area contributed by atoms with Gasteiger partial charge in [-0.05, 0) is 80.7 Å². The number of carboxylic acids is 1. The van der Waals surface area contributed by atoms with Gasteiger partial charge in [0, 0.05) is 23.4 Å². The van der Waals surface area contributed by atoms with Crippen molar-refractivity contribution in [1.82, 2.24) is 10.1 Å². The lowest BCUT2D eigenvalue weighted by Gasteiger charge is -2.36. The van der Waals surface area contributed by atoms with Crippen LogP contribution in [0.1, 0.15) is 107 Å². The molecule has 0 spiro atoms. The summed E-state index contributed by atoms with van der Waals surface area (Å²) in [7, 11) is 0. The molecule has 262 valence electrons. The predicted molar refractivity (Wildman–Crippen MR) is 195 cm³/mol. The van der Waals surface area contributed by atoms with Gasteiger partial charge in [-0.25, -0.2) is 0 Å². The van der Waals surface area contributed by atoms with E-state index in [0.717, 1.165) is 91.1 Å². The molecule has 8 nitrogen and oxygen atoms in total. The van der Waals surface area contributed by atoms with Gasteiger partial charge in [0.25, 0.3) is 5.56 Å². The molecule has 0 radical (unpaired) electrons. The van der Waals surface area contributed by atoms with Crippen molar-refractivity contribution in [2.75, 3.05) is 13.2 Å². The van der Waals surface area contributed by atoms with E-state index in [1.807, 2.05) is 43.3 Å². The minimum absolute atomic E-state index is 0.216.